The molecule has 0 aromatic heterocycles. The Hall–Kier alpha value is -3.38. The second kappa shape index (κ2) is 11.5. The van der Waals surface area contributed by atoms with E-state index in [1.165, 1.54) is 0 Å². The van der Waals surface area contributed by atoms with Crippen molar-refractivity contribution in [2.45, 2.75) is 12.8 Å². The fourth-order valence-electron chi connectivity index (χ4n) is 3.20. The number of ether oxygens (including phenoxy) is 3. The first-order valence-electron chi connectivity index (χ1n) is 11.2. The van der Waals surface area contributed by atoms with Crippen molar-refractivity contribution in [3.05, 3.63) is 72.3 Å². The van der Waals surface area contributed by atoms with Crippen LogP contribution in [0, 0.1) is 0 Å². The lowest BCUT2D eigenvalue weighted by molar-refractivity contribution is -0.870. The fraction of sp³-hybridized carbons (Fsp3) is 0.333. The normalized spacial score (nSPS) is 11.2. The highest BCUT2D eigenvalue weighted by Gasteiger charge is 2.19. The van der Waals surface area contributed by atoms with Gasteiger partial charge in [-0.3, -0.25) is 4.79 Å². The van der Waals surface area contributed by atoms with Crippen LogP contribution in [0.25, 0.3) is 10.8 Å². The average Bonchev–Trinajstić information content (AvgIpc) is 2.80. The zero-order valence-corrected chi connectivity index (χ0v) is 19.6. The van der Waals surface area contributed by atoms with Gasteiger partial charge < -0.3 is 18.7 Å². The van der Waals surface area contributed by atoms with Crippen molar-refractivity contribution in [2.24, 2.45) is 0 Å². The van der Waals surface area contributed by atoms with Gasteiger partial charge in [-0.2, -0.15) is 0 Å². The summed E-state index contributed by atoms with van der Waals surface area (Å²) in [6, 6.07) is 20.8. The number of carbonyl (C=O) groups excluding carboxylic acids is 2. The molecule has 0 saturated heterocycles. The third-order valence-corrected chi connectivity index (χ3v) is 5.11. The predicted octanol–water partition coefficient (Wildman–Crippen LogP) is 4.51. The summed E-state index contributed by atoms with van der Waals surface area (Å²) in [7, 11) is 5.98. The Kier molecular flexibility index (Phi) is 8.44. The number of esters is 1. The monoisotopic (exact) mass is 450 g/mol. The van der Waals surface area contributed by atoms with Crippen LogP contribution < -0.4 is 9.47 Å². The Morgan fingerprint density at radius 1 is 0.758 bits per heavy atom. The van der Waals surface area contributed by atoms with Crippen LogP contribution in [0.5, 0.6) is 11.5 Å². The molecule has 0 aliphatic rings. The molecule has 6 heteroatoms. The topological polar surface area (TPSA) is 61.8 Å². The first kappa shape index (κ1) is 24.3. The van der Waals surface area contributed by atoms with Crippen LogP contribution in [0.4, 0.5) is 0 Å². The van der Waals surface area contributed by atoms with Gasteiger partial charge in [-0.05, 0) is 48.6 Å². The molecule has 0 fully saturated rings. The molecule has 0 radical (unpaired) electrons. The number of quaternary nitrogens is 1. The van der Waals surface area contributed by atoms with E-state index in [0.717, 1.165) is 29.4 Å². The van der Waals surface area contributed by atoms with E-state index in [9.17, 15) is 9.59 Å². The van der Waals surface area contributed by atoms with Gasteiger partial charge in [-0.15, -0.1) is 0 Å². The van der Waals surface area contributed by atoms with E-state index in [1.807, 2.05) is 45.4 Å². The van der Waals surface area contributed by atoms with Crippen LogP contribution in [0.2, 0.25) is 0 Å². The maximum Gasteiger partial charge on any atom is 0.379 e. The van der Waals surface area contributed by atoms with Gasteiger partial charge in [-0.1, -0.05) is 36.4 Å². The SMILES string of the molecule is C[N+](C)(C)CCOC(=O)C(=O)c1ccc(OCCCCOc2cccc3ccccc23)cc1. The fourth-order valence-corrected chi connectivity index (χ4v) is 3.20. The molecule has 0 spiro atoms. The molecular weight excluding hydrogens is 418 g/mol. The smallest absolute Gasteiger partial charge is 0.379 e. The second-order valence-corrected chi connectivity index (χ2v) is 8.88. The molecule has 3 aromatic carbocycles. The Labute approximate surface area is 195 Å². The van der Waals surface area contributed by atoms with Crippen molar-refractivity contribution in [3.8, 4) is 11.5 Å². The number of carbonyl (C=O) groups is 2. The first-order chi connectivity index (χ1) is 15.8. The van der Waals surface area contributed by atoms with E-state index in [2.05, 4.69) is 18.2 Å². The lowest BCUT2D eigenvalue weighted by Crippen LogP contribution is -2.38. The number of unbranched alkanes of at least 4 members (excludes halogenated alkanes) is 1. The van der Waals surface area contributed by atoms with E-state index < -0.39 is 11.8 Å². The maximum absolute atomic E-state index is 12.2. The first-order valence-corrected chi connectivity index (χ1v) is 11.2. The van der Waals surface area contributed by atoms with Gasteiger partial charge in [0, 0.05) is 10.9 Å². The highest BCUT2D eigenvalue weighted by Crippen LogP contribution is 2.25. The van der Waals surface area contributed by atoms with Crippen molar-refractivity contribution in [1.29, 1.82) is 0 Å². The molecule has 33 heavy (non-hydrogen) atoms. The summed E-state index contributed by atoms with van der Waals surface area (Å²) in [6.45, 7) is 2.00. The molecule has 6 nitrogen and oxygen atoms in total. The molecular formula is C27H32NO5+. The second-order valence-electron chi connectivity index (χ2n) is 8.88. The predicted molar refractivity (Wildman–Crippen MR) is 129 cm³/mol. The van der Waals surface area contributed by atoms with Crippen LogP contribution in [-0.4, -0.2) is 63.7 Å². The van der Waals surface area contributed by atoms with E-state index in [-0.39, 0.29) is 6.61 Å². The Bertz CT molecular complexity index is 1060. The zero-order chi connectivity index (χ0) is 23.7. The summed E-state index contributed by atoms with van der Waals surface area (Å²) in [5.41, 5.74) is 0.293. The Morgan fingerprint density at radius 2 is 1.42 bits per heavy atom. The molecule has 0 saturated carbocycles. The summed E-state index contributed by atoms with van der Waals surface area (Å²) in [5, 5.41) is 2.28. The molecule has 174 valence electrons. The molecule has 0 amide bonds. The number of fused-ring (bicyclic) bond motifs is 1. The number of likely N-dealkylation sites (N-methyl/N-ethyl adjacent to an activating group) is 1. The summed E-state index contributed by atoms with van der Waals surface area (Å²) in [6.07, 6.45) is 1.70. The number of hydrogen-bond donors (Lipinski definition) is 0. The number of rotatable bonds is 12. The lowest BCUT2D eigenvalue weighted by Gasteiger charge is -2.23. The minimum absolute atomic E-state index is 0.208. The minimum atomic E-state index is -0.830. The zero-order valence-electron chi connectivity index (χ0n) is 19.6. The summed E-state index contributed by atoms with van der Waals surface area (Å²) in [4.78, 5) is 24.1. The molecule has 3 rings (SSSR count). The van der Waals surface area contributed by atoms with Crippen LogP contribution >= 0.6 is 0 Å². The average molecular weight is 451 g/mol. The third-order valence-electron chi connectivity index (χ3n) is 5.11. The molecule has 0 heterocycles. The van der Waals surface area contributed by atoms with Gasteiger partial charge >= 0.3 is 5.97 Å². The number of ketones is 1. The molecule has 0 bridgehead atoms. The van der Waals surface area contributed by atoms with Gasteiger partial charge in [0.15, 0.2) is 0 Å². The summed E-state index contributed by atoms with van der Waals surface area (Å²) >= 11 is 0. The van der Waals surface area contributed by atoms with E-state index >= 15 is 0 Å². The Balaban J connectivity index is 1.36. The Morgan fingerprint density at radius 3 is 2.15 bits per heavy atom. The quantitative estimate of drug-likeness (QED) is 0.134. The molecule has 3 aromatic rings. The number of benzene rings is 3. The van der Waals surface area contributed by atoms with Crippen LogP contribution in [0.3, 0.4) is 0 Å². The van der Waals surface area contributed by atoms with E-state index in [4.69, 9.17) is 14.2 Å². The number of nitrogens with zero attached hydrogens (tertiary/aromatic N) is 1. The van der Waals surface area contributed by atoms with Gasteiger partial charge in [0.1, 0.15) is 24.7 Å². The third kappa shape index (κ3) is 7.61. The number of Topliss-reactive ketones (excluding diaryl/α,β-unsaturated/α-hetero) is 1. The van der Waals surface area contributed by atoms with Gasteiger partial charge in [0.25, 0.3) is 5.78 Å². The van der Waals surface area contributed by atoms with Gasteiger partial charge in [0.2, 0.25) is 0 Å². The van der Waals surface area contributed by atoms with Crippen LogP contribution in [0.1, 0.15) is 23.2 Å². The lowest BCUT2D eigenvalue weighted by atomic mass is 10.1. The molecule has 0 unspecified atom stereocenters. The number of hydrogen-bond acceptors (Lipinski definition) is 5. The van der Waals surface area contributed by atoms with Crippen LogP contribution in [-0.2, 0) is 9.53 Å². The standard InChI is InChI=1S/C27H32NO5/c1-28(2,3)17-20-33-27(30)26(29)22-13-15-23(16-14-22)31-18-6-7-19-32-25-12-8-10-21-9-4-5-11-24(21)25/h4-5,8-16H,6-7,17-20H2,1-3H3/q+1. The highest BCUT2D eigenvalue weighted by molar-refractivity contribution is 6.40. The van der Waals surface area contributed by atoms with Crippen molar-refractivity contribution in [3.63, 3.8) is 0 Å². The molecule has 0 aliphatic heterocycles. The van der Waals surface area contributed by atoms with E-state index in [1.54, 1.807) is 24.3 Å². The van der Waals surface area contributed by atoms with E-state index in [0.29, 0.717) is 35.6 Å². The highest BCUT2D eigenvalue weighted by atomic mass is 16.5. The van der Waals surface area contributed by atoms with Crippen molar-refractivity contribution in [2.75, 3.05) is 47.5 Å². The van der Waals surface area contributed by atoms with Crippen molar-refractivity contribution >= 4 is 22.5 Å². The molecule has 0 aliphatic carbocycles. The summed E-state index contributed by atoms with van der Waals surface area (Å²) < 4.78 is 17.4. The summed E-state index contributed by atoms with van der Waals surface area (Å²) in [5.74, 6) is 0.0713. The van der Waals surface area contributed by atoms with Crippen molar-refractivity contribution in [1.82, 2.24) is 0 Å². The van der Waals surface area contributed by atoms with Crippen LogP contribution in [0.15, 0.2) is 66.7 Å². The van der Waals surface area contributed by atoms with Gasteiger partial charge in [0.05, 0.1) is 34.4 Å². The van der Waals surface area contributed by atoms with Crippen molar-refractivity contribution < 1.29 is 28.3 Å². The maximum atomic E-state index is 12.2. The molecule has 0 atom stereocenters. The minimum Gasteiger partial charge on any atom is -0.494 e. The van der Waals surface area contributed by atoms with Gasteiger partial charge in [-0.25, -0.2) is 4.79 Å². The largest absolute Gasteiger partial charge is 0.494 e. The molecule has 0 N–H and O–H groups in total.